The smallest absolute Gasteiger partial charge is 0.225 e. The molecule has 0 radical (unpaired) electrons. The molecule has 0 bridgehead atoms. The first-order chi connectivity index (χ1) is 9.81. The average Bonchev–Trinajstić information content (AvgIpc) is 2.92. The van der Waals surface area contributed by atoms with Crippen LogP contribution in [0.1, 0.15) is 18.4 Å². The number of nitrogens with one attached hydrogen (secondary N) is 1. The lowest BCUT2D eigenvalue weighted by Gasteiger charge is -2.33. The van der Waals surface area contributed by atoms with Crippen molar-refractivity contribution in [2.24, 2.45) is 7.05 Å². The Labute approximate surface area is 118 Å². The van der Waals surface area contributed by atoms with Crippen LogP contribution in [0.2, 0.25) is 0 Å². The summed E-state index contributed by atoms with van der Waals surface area (Å²) < 4.78 is 1.84. The number of nitrogens with zero attached hydrogens (tertiary/aromatic N) is 5. The highest BCUT2D eigenvalue weighted by Crippen LogP contribution is 2.15. The van der Waals surface area contributed by atoms with Crippen LogP contribution in [0, 0.1) is 0 Å². The van der Waals surface area contributed by atoms with E-state index in [9.17, 15) is 0 Å². The summed E-state index contributed by atoms with van der Waals surface area (Å²) in [6, 6.07) is 2.33. The van der Waals surface area contributed by atoms with Crippen LogP contribution < -0.4 is 10.2 Å². The molecule has 3 rings (SSSR count). The van der Waals surface area contributed by atoms with E-state index in [-0.39, 0.29) is 0 Å². The van der Waals surface area contributed by atoms with Crippen LogP contribution in [0.3, 0.4) is 0 Å². The summed E-state index contributed by atoms with van der Waals surface area (Å²) >= 11 is 0. The highest BCUT2D eigenvalue weighted by molar-refractivity contribution is 5.29. The van der Waals surface area contributed by atoms with Gasteiger partial charge in [-0.15, -0.1) is 0 Å². The molecule has 106 valence electrons. The van der Waals surface area contributed by atoms with Gasteiger partial charge in [0.15, 0.2) is 0 Å². The molecule has 1 aliphatic rings. The van der Waals surface area contributed by atoms with Crippen molar-refractivity contribution in [3.8, 4) is 0 Å². The SMILES string of the molecule is Cn1cc(CNC2CCCN(c3ncccn3)C2)cn1. The van der Waals surface area contributed by atoms with Gasteiger partial charge < -0.3 is 10.2 Å². The van der Waals surface area contributed by atoms with Crippen molar-refractivity contribution in [3.63, 3.8) is 0 Å². The minimum Gasteiger partial charge on any atom is -0.339 e. The van der Waals surface area contributed by atoms with E-state index < -0.39 is 0 Å². The quantitative estimate of drug-likeness (QED) is 0.898. The van der Waals surface area contributed by atoms with Crippen molar-refractivity contribution in [3.05, 3.63) is 36.4 Å². The molecule has 1 unspecified atom stereocenters. The fourth-order valence-electron chi connectivity index (χ4n) is 2.61. The second kappa shape index (κ2) is 6.00. The van der Waals surface area contributed by atoms with Crippen LogP contribution in [0.4, 0.5) is 5.95 Å². The predicted octanol–water partition coefficient (Wildman–Crippen LogP) is 0.969. The Kier molecular flexibility index (Phi) is 3.92. The first-order valence-electron chi connectivity index (χ1n) is 7.04. The fraction of sp³-hybridized carbons (Fsp3) is 0.500. The van der Waals surface area contributed by atoms with Gasteiger partial charge in [0.1, 0.15) is 0 Å². The molecular weight excluding hydrogens is 252 g/mol. The van der Waals surface area contributed by atoms with Crippen molar-refractivity contribution >= 4 is 5.95 Å². The number of rotatable bonds is 4. The average molecular weight is 272 g/mol. The molecule has 0 spiro atoms. The molecule has 1 fully saturated rings. The molecule has 3 heterocycles. The first-order valence-corrected chi connectivity index (χ1v) is 7.04. The third kappa shape index (κ3) is 3.14. The zero-order valence-electron chi connectivity index (χ0n) is 11.7. The molecule has 0 aliphatic carbocycles. The van der Waals surface area contributed by atoms with Gasteiger partial charge in [0, 0.05) is 56.9 Å². The topological polar surface area (TPSA) is 58.9 Å². The molecule has 6 nitrogen and oxygen atoms in total. The highest BCUT2D eigenvalue weighted by Gasteiger charge is 2.21. The number of aromatic nitrogens is 4. The predicted molar refractivity (Wildman–Crippen MR) is 77.3 cm³/mol. The standard InChI is InChI=1S/C14H20N6/c1-19-10-12(9-18-19)8-17-13-4-2-7-20(11-13)14-15-5-3-6-16-14/h3,5-6,9-10,13,17H,2,4,7-8,11H2,1H3. The molecule has 1 aliphatic heterocycles. The summed E-state index contributed by atoms with van der Waals surface area (Å²) in [6.07, 6.45) is 9.93. The van der Waals surface area contributed by atoms with Crippen molar-refractivity contribution in [1.29, 1.82) is 0 Å². The maximum absolute atomic E-state index is 4.33. The van der Waals surface area contributed by atoms with E-state index in [4.69, 9.17) is 0 Å². The molecule has 1 saturated heterocycles. The van der Waals surface area contributed by atoms with Crippen LogP contribution in [-0.2, 0) is 13.6 Å². The monoisotopic (exact) mass is 272 g/mol. The van der Waals surface area contributed by atoms with Crippen LogP contribution >= 0.6 is 0 Å². The summed E-state index contributed by atoms with van der Waals surface area (Å²) in [5, 5.41) is 7.79. The van der Waals surface area contributed by atoms with Gasteiger partial charge in [-0.1, -0.05) is 0 Å². The Morgan fingerprint density at radius 3 is 2.95 bits per heavy atom. The minimum absolute atomic E-state index is 0.479. The molecule has 1 N–H and O–H groups in total. The van der Waals surface area contributed by atoms with E-state index in [1.165, 1.54) is 18.4 Å². The zero-order valence-corrected chi connectivity index (χ0v) is 11.7. The lowest BCUT2D eigenvalue weighted by atomic mass is 10.1. The Balaban J connectivity index is 1.55. The summed E-state index contributed by atoms with van der Waals surface area (Å²) in [7, 11) is 1.94. The van der Waals surface area contributed by atoms with Gasteiger partial charge >= 0.3 is 0 Å². The summed E-state index contributed by atoms with van der Waals surface area (Å²) in [5.74, 6) is 0.834. The van der Waals surface area contributed by atoms with E-state index in [0.29, 0.717) is 6.04 Å². The van der Waals surface area contributed by atoms with E-state index in [2.05, 4.69) is 25.3 Å². The molecule has 0 aromatic carbocycles. The maximum atomic E-state index is 4.33. The molecule has 2 aromatic rings. The van der Waals surface area contributed by atoms with Gasteiger partial charge in [-0.05, 0) is 18.9 Å². The van der Waals surface area contributed by atoms with Crippen LogP contribution in [0.25, 0.3) is 0 Å². The number of hydrogen-bond donors (Lipinski definition) is 1. The second-order valence-corrected chi connectivity index (χ2v) is 5.24. The van der Waals surface area contributed by atoms with Gasteiger partial charge in [-0.3, -0.25) is 4.68 Å². The Morgan fingerprint density at radius 1 is 1.35 bits per heavy atom. The molecule has 6 heteroatoms. The molecular formula is C14H20N6. The lowest BCUT2D eigenvalue weighted by molar-refractivity contribution is 0.418. The maximum Gasteiger partial charge on any atom is 0.225 e. The summed E-state index contributed by atoms with van der Waals surface area (Å²) in [6.45, 7) is 2.86. The van der Waals surface area contributed by atoms with Crippen molar-refractivity contribution in [2.45, 2.75) is 25.4 Å². The van der Waals surface area contributed by atoms with Gasteiger partial charge in [-0.2, -0.15) is 5.10 Å². The van der Waals surface area contributed by atoms with Crippen molar-refractivity contribution in [1.82, 2.24) is 25.1 Å². The third-order valence-corrected chi connectivity index (χ3v) is 3.61. The Morgan fingerprint density at radius 2 is 2.20 bits per heavy atom. The van der Waals surface area contributed by atoms with Gasteiger partial charge in [0.05, 0.1) is 6.20 Å². The Hall–Kier alpha value is -1.95. The zero-order chi connectivity index (χ0) is 13.8. The summed E-state index contributed by atoms with van der Waals surface area (Å²) in [4.78, 5) is 10.9. The van der Waals surface area contributed by atoms with Gasteiger partial charge in [0.2, 0.25) is 5.95 Å². The molecule has 2 aromatic heterocycles. The van der Waals surface area contributed by atoms with E-state index in [1.54, 1.807) is 12.4 Å². The number of hydrogen-bond acceptors (Lipinski definition) is 5. The third-order valence-electron chi connectivity index (χ3n) is 3.61. The first kappa shape index (κ1) is 13.1. The molecule has 0 amide bonds. The molecule has 0 saturated carbocycles. The molecule has 1 atom stereocenters. The van der Waals surface area contributed by atoms with Crippen LogP contribution in [0.15, 0.2) is 30.9 Å². The van der Waals surface area contributed by atoms with Gasteiger partial charge in [-0.25, -0.2) is 9.97 Å². The number of anilines is 1. The number of piperidine rings is 1. The number of aryl methyl sites for hydroxylation is 1. The van der Waals surface area contributed by atoms with Crippen molar-refractivity contribution < 1.29 is 0 Å². The lowest BCUT2D eigenvalue weighted by Crippen LogP contribution is -2.46. The Bertz CT molecular complexity index is 538. The summed E-state index contributed by atoms with van der Waals surface area (Å²) in [5.41, 5.74) is 1.22. The van der Waals surface area contributed by atoms with Gasteiger partial charge in [0.25, 0.3) is 0 Å². The normalized spacial score (nSPS) is 19.2. The van der Waals surface area contributed by atoms with E-state index in [1.807, 2.05) is 30.2 Å². The van der Waals surface area contributed by atoms with Crippen LogP contribution in [0.5, 0.6) is 0 Å². The fourth-order valence-corrected chi connectivity index (χ4v) is 2.61. The van der Waals surface area contributed by atoms with Crippen molar-refractivity contribution in [2.75, 3.05) is 18.0 Å². The largest absolute Gasteiger partial charge is 0.339 e. The van der Waals surface area contributed by atoms with Crippen LogP contribution in [-0.4, -0.2) is 38.9 Å². The second-order valence-electron chi connectivity index (χ2n) is 5.24. The van der Waals surface area contributed by atoms with E-state index >= 15 is 0 Å². The van der Waals surface area contributed by atoms with E-state index in [0.717, 1.165) is 25.6 Å². The minimum atomic E-state index is 0.479. The highest BCUT2D eigenvalue weighted by atomic mass is 15.3. The molecule has 20 heavy (non-hydrogen) atoms.